The van der Waals surface area contributed by atoms with Crippen LogP contribution in [0.4, 0.5) is 10.1 Å². The highest BCUT2D eigenvalue weighted by Crippen LogP contribution is 2.56. The van der Waals surface area contributed by atoms with E-state index in [-0.39, 0.29) is 29.5 Å². The van der Waals surface area contributed by atoms with E-state index < -0.39 is 16.7 Å². The molecule has 0 aromatic heterocycles. The summed E-state index contributed by atoms with van der Waals surface area (Å²) < 4.78 is 19.3. The molecule has 0 aliphatic carbocycles. The van der Waals surface area contributed by atoms with Gasteiger partial charge in [0.25, 0.3) is 0 Å². The summed E-state index contributed by atoms with van der Waals surface area (Å²) in [6, 6.07) is 11.7. The highest BCUT2D eigenvalue weighted by atomic mass is 35.5. The smallest absolute Gasteiger partial charge is 0.343 e. The number of thioether (sulfide) groups is 1. The highest BCUT2D eigenvalue weighted by Gasteiger charge is 2.58. The number of para-hydroxylation sites is 1. The quantitative estimate of drug-likeness (QED) is 0.754. The van der Waals surface area contributed by atoms with Crippen LogP contribution in [0.25, 0.3) is 0 Å². The van der Waals surface area contributed by atoms with Gasteiger partial charge >= 0.3 is 5.97 Å². The lowest BCUT2D eigenvalue weighted by atomic mass is 10.2. The van der Waals surface area contributed by atoms with Crippen LogP contribution in [0.3, 0.4) is 0 Å². The number of hydrogen-bond acceptors (Lipinski definition) is 4. The lowest BCUT2D eigenvalue weighted by Gasteiger charge is -2.28. The van der Waals surface area contributed by atoms with Gasteiger partial charge < -0.3 is 4.74 Å². The second kappa shape index (κ2) is 6.04. The number of nitrogens with zero attached hydrogens (tertiary/aromatic N) is 1. The van der Waals surface area contributed by atoms with Crippen molar-refractivity contribution in [3.8, 4) is 0 Å². The van der Waals surface area contributed by atoms with Gasteiger partial charge in [0.1, 0.15) is 12.4 Å². The standard InChI is InChI=1S/C18H13ClFNO3S/c19-12-4-3-5-13(20)11(12)10-24-17(23)18-9-8-16(22)21(18)14-6-1-2-7-15(14)25-18/h1-7H,8-10H2. The number of rotatable bonds is 3. The predicted molar refractivity (Wildman–Crippen MR) is 93.0 cm³/mol. The van der Waals surface area contributed by atoms with Gasteiger partial charge in [-0.1, -0.05) is 41.6 Å². The number of fused-ring (bicyclic) bond motifs is 3. The van der Waals surface area contributed by atoms with Crippen LogP contribution < -0.4 is 4.90 Å². The molecule has 1 amide bonds. The van der Waals surface area contributed by atoms with Gasteiger partial charge in [0.05, 0.1) is 10.7 Å². The molecular formula is C18H13ClFNO3S. The van der Waals surface area contributed by atoms with E-state index in [1.807, 2.05) is 24.3 Å². The number of ether oxygens (including phenoxy) is 1. The van der Waals surface area contributed by atoms with Crippen molar-refractivity contribution in [2.75, 3.05) is 4.90 Å². The summed E-state index contributed by atoms with van der Waals surface area (Å²) in [6.07, 6.45) is 0.631. The molecule has 2 aromatic rings. The summed E-state index contributed by atoms with van der Waals surface area (Å²) in [7, 11) is 0. The van der Waals surface area contributed by atoms with E-state index in [0.717, 1.165) is 10.6 Å². The third kappa shape index (κ3) is 2.51. The molecular weight excluding hydrogens is 365 g/mol. The van der Waals surface area contributed by atoms with Crippen LogP contribution in [0.15, 0.2) is 47.4 Å². The van der Waals surface area contributed by atoms with E-state index in [1.165, 1.54) is 34.9 Å². The number of amides is 1. The van der Waals surface area contributed by atoms with E-state index >= 15 is 0 Å². The summed E-state index contributed by atoms with van der Waals surface area (Å²) in [5.41, 5.74) is 0.848. The number of anilines is 1. The fourth-order valence-corrected chi connectivity index (χ4v) is 4.82. The van der Waals surface area contributed by atoms with E-state index in [2.05, 4.69) is 0 Å². The number of benzene rings is 2. The molecule has 2 aromatic carbocycles. The minimum absolute atomic E-state index is 0.113. The number of carbonyl (C=O) groups excluding carboxylic acids is 2. The third-order valence-corrected chi connectivity index (χ3v) is 6.21. The van der Waals surface area contributed by atoms with Crippen LogP contribution in [0.2, 0.25) is 5.02 Å². The first kappa shape index (κ1) is 16.4. The van der Waals surface area contributed by atoms with E-state index in [4.69, 9.17) is 16.3 Å². The van der Waals surface area contributed by atoms with Crippen LogP contribution in [-0.4, -0.2) is 16.7 Å². The zero-order chi connectivity index (χ0) is 17.6. The van der Waals surface area contributed by atoms with Gasteiger partial charge in [-0.25, -0.2) is 9.18 Å². The summed E-state index contributed by atoms with van der Waals surface area (Å²) in [6.45, 7) is -0.273. The fourth-order valence-electron chi connectivity index (χ4n) is 3.19. The largest absolute Gasteiger partial charge is 0.458 e. The van der Waals surface area contributed by atoms with Crippen molar-refractivity contribution in [2.45, 2.75) is 29.2 Å². The first-order valence-corrected chi connectivity index (χ1v) is 8.93. The third-order valence-electron chi connectivity index (χ3n) is 4.40. The summed E-state index contributed by atoms with van der Waals surface area (Å²) in [4.78, 5) is 26.4. The molecule has 128 valence electrons. The van der Waals surface area contributed by atoms with Gasteiger partial charge in [0.2, 0.25) is 5.91 Å². The van der Waals surface area contributed by atoms with Crippen molar-refractivity contribution in [1.29, 1.82) is 0 Å². The molecule has 1 saturated heterocycles. The molecule has 0 N–H and O–H groups in total. The molecule has 0 radical (unpaired) electrons. The Morgan fingerprint density at radius 2 is 2.08 bits per heavy atom. The average molecular weight is 378 g/mol. The van der Waals surface area contributed by atoms with Crippen molar-refractivity contribution in [1.82, 2.24) is 0 Å². The Kier molecular flexibility index (Phi) is 3.96. The van der Waals surface area contributed by atoms with Crippen LogP contribution in [0.1, 0.15) is 18.4 Å². The Labute approximate surface area is 152 Å². The maximum atomic E-state index is 13.9. The van der Waals surface area contributed by atoms with Crippen LogP contribution >= 0.6 is 23.4 Å². The molecule has 0 saturated carbocycles. The predicted octanol–water partition coefficient (Wildman–Crippen LogP) is 4.15. The lowest BCUT2D eigenvalue weighted by Crippen LogP contribution is -2.47. The van der Waals surface area contributed by atoms with Gasteiger partial charge in [0.15, 0.2) is 4.87 Å². The fraction of sp³-hybridized carbons (Fsp3) is 0.222. The van der Waals surface area contributed by atoms with Crippen LogP contribution in [0.5, 0.6) is 0 Å². The summed E-state index contributed by atoms with van der Waals surface area (Å²) in [5.74, 6) is -1.20. The van der Waals surface area contributed by atoms with Crippen molar-refractivity contribution in [2.24, 2.45) is 0 Å². The van der Waals surface area contributed by atoms with Gasteiger partial charge in [-0.2, -0.15) is 0 Å². The number of carbonyl (C=O) groups is 2. The van der Waals surface area contributed by atoms with E-state index in [9.17, 15) is 14.0 Å². The lowest BCUT2D eigenvalue weighted by molar-refractivity contribution is -0.148. The normalized spacial score (nSPS) is 21.2. The molecule has 2 aliphatic heterocycles. The minimum Gasteiger partial charge on any atom is -0.458 e. The van der Waals surface area contributed by atoms with Gasteiger partial charge in [-0.05, 0) is 24.3 Å². The van der Waals surface area contributed by atoms with Crippen molar-refractivity contribution >= 4 is 40.9 Å². The molecule has 0 spiro atoms. The number of halogens is 2. The maximum absolute atomic E-state index is 13.9. The topological polar surface area (TPSA) is 46.6 Å². The summed E-state index contributed by atoms with van der Waals surface area (Å²) >= 11 is 7.29. The van der Waals surface area contributed by atoms with Crippen molar-refractivity contribution in [3.63, 3.8) is 0 Å². The zero-order valence-corrected chi connectivity index (χ0v) is 14.6. The monoisotopic (exact) mass is 377 g/mol. The minimum atomic E-state index is -1.11. The molecule has 1 fully saturated rings. The number of esters is 1. The van der Waals surface area contributed by atoms with Crippen molar-refractivity contribution < 1.29 is 18.7 Å². The molecule has 2 heterocycles. The Bertz CT molecular complexity index is 870. The maximum Gasteiger partial charge on any atom is 0.343 e. The first-order chi connectivity index (χ1) is 12.0. The second-order valence-corrected chi connectivity index (χ2v) is 7.59. The first-order valence-electron chi connectivity index (χ1n) is 7.74. The average Bonchev–Trinajstić information content (AvgIpc) is 3.10. The Hall–Kier alpha value is -2.05. The van der Waals surface area contributed by atoms with E-state index in [1.54, 1.807) is 0 Å². The molecule has 25 heavy (non-hydrogen) atoms. The Morgan fingerprint density at radius 3 is 2.88 bits per heavy atom. The summed E-state index contributed by atoms with van der Waals surface area (Å²) in [5, 5.41) is 0.201. The van der Waals surface area contributed by atoms with Crippen molar-refractivity contribution in [3.05, 3.63) is 58.9 Å². The second-order valence-electron chi connectivity index (χ2n) is 5.86. The Balaban J connectivity index is 1.61. The Morgan fingerprint density at radius 1 is 1.28 bits per heavy atom. The van der Waals surface area contributed by atoms with Gasteiger partial charge in [-0.3, -0.25) is 9.69 Å². The molecule has 2 aliphatic rings. The SMILES string of the molecule is O=C1CCC2(C(=O)OCc3c(F)cccc3Cl)Sc3ccccc3N12. The number of hydrogen-bond donors (Lipinski definition) is 0. The van der Waals surface area contributed by atoms with Crippen LogP contribution in [0, 0.1) is 5.82 Å². The molecule has 1 unspecified atom stereocenters. The van der Waals surface area contributed by atoms with Gasteiger partial charge in [0, 0.05) is 23.3 Å². The molecule has 4 rings (SSSR count). The molecule has 1 atom stereocenters. The molecule has 4 nitrogen and oxygen atoms in total. The zero-order valence-electron chi connectivity index (χ0n) is 13.0. The molecule has 0 bridgehead atoms. The highest BCUT2D eigenvalue weighted by molar-refractivity contribution is 8.02. The van der Waals surface area contributed by atoms with Crippen LogP contribution in [-0.2, 0) is 20.9 Å². The van der Waals surface area contributed by atoms with E-state index in [0.29, 0.717) is 6.42 Å². The van der Waals surface area contributed by atoms with Gasteiger partial charge in [-0.15, -0.1) is 0 Å². The molecule has 7 heteroatoms.